The van der Waals surface area contributed by atoms with Crippen LogP contribution < -0.4 is 10.5 Å². The maximum absolute atomic E-state index is 12.4. The first-order chi connectivity index (χ1) is 14.5. The lowest BCUT2D eigenvalue weighted by atomic mass is 9.71. The van der Waals surface area contributed by atoms with Crippen LogP contribution in [0.1, 0.15) is 33.1 Å². The van der Waals surface area contributed by atoms with Crippen LogP contribution in [0.25, 0.3) is 11.3 Å². The fourth-order valence-electron chi connectivity index (χ4n) is 5.56. The summed E-state index contributed by atoms with van der Waals surface area (Å²) in [7, 11) is 0. The van der Waals surface area contributed by atoms with E-state index >= 15 is 0 Å². The predicted octanol–water partition coefficient (Wildman–Crippen LogP) is 3.33. The first-order valence-electron chi connectivity index (χ1n) is 11.2. The summed E-state index contributed by atoms with van der Waals surface area (Å²) in [6.07, 6.45) is 11.7. The van der Waals surface area contributed by atoms with Crippen molar-refractivity contribution in [2.45, 2.75) is 39.2 Å². The molecule has 4 atom stereocenters. The minimum Gasteiger partial charge on any atom is -0.338 e. The fraction of sp³-hybridized carbons (Fsp3) is 0.542. The molecule has 0 amide bonds. The minimum atomic E-state index is -0.0968. The molecule has 30 heavy (non-hydrogen) atoms. The fourth-order valence-corrected chi connectivity index (χ4v) is 5.56. The molecule has 6 heteroatoms. The van der Waals surface area contributed by atoms with E-state index in [-0.39, 0.29) is 5.56 Å². The third kappa shape index (κ3) is 3.58. The quantitative estimate of drug-likeness (QED) is 0.791. The molecule has 2 aliphatic heterocycles. The van der Waals surface area contributed by atoms with Gasteiger partial charge >= 0.3 is 0 Å². The predicted molar refractivity (Wildman–Crippen MR) is 119 cm³/mol. The Morgan fingerprint density at radius 1 is 1.23 bits per heavy atom. The largest absolute Gasteiger partial charge is 0.338 e. The number of allylic oxidation sites excluding steroid dienone is 2. The molecule has 1 aliphatic carbocycles. The van der Waals surface area contributed by atoms with E-state index < -0.39 is 0 Å². The van der Waals surface area contributed by atoms with Gasteiger partial charge in [-0.2, -0.15) is 0 Å². The van der Waals surface area contributed by atoms with E-state index in [1.165, 1.54) is 12.8 Å². The lowest BCUT2D eigenvalue weighted by Crippen LogP contribution is -2.42. The molecular weight excluding hydrogens is 374 g/mol. The highest BCUT2D eigenvalue weighted by Gasteiger charge is 2.44. The number of rotatable bonds is 4. The Balaban J connectivity index is 1.35. The van der Waals surface area contributed by atoms with Crippen LogP contribution >= 0.6 is 0 Å². The van der Waals surface area contributed by atoms with Crippen LogP contribution in [0, 0.1) is 17.3 Å². The van der Waals surface area contributed by atoms with E-state index in [1.807, 2.05) is 12.1 Å². The Labute approximate surface area is 178 Å². The van der Waals surface area contributed by atoms with Crippen LogP contribution in [-0.4, -0.2) is 52.1 Å². The molecule has 2 unspecified atom stereocenters. The Bertz CT molecular complexity index is 987. The first kappa shape index (κ1) is 19.5. The second-order valence-electron chi connectivity index (χ2n) is 9.66. The summed E-state index contributed by atoms with van der Waals surface area (Å²) in [6, 6.07) is 5.80. The van der Waals surface area contributed by atoms with Gasteiger partial charge in [-0.25, -0.2) is 4.98 Å². The van der Waals surface area contributed by atoms with E-state index in [4.69, 9.17) is 4.98 Å². The Hall–Kier alpha value is -2.47. The lowest BCUT2D eigenvalue weighted by molar-refractivity contribution is 0.118. The summed E-state index contributed by atoms with van der Waals surface area (Å²) in [5.74, 6) is 2.08. The number of pyridine rings is 1. The van der Waals surface area contributed by atoms with Gasteiger partial charge in [-0.05, 0) is 48.6 Å². The van der Waals surface area contributed by atoms with Crippen molar-refractivity contribution in [2.75, 3.05) is 31.1 Å². The number of nitrogens with zero attached hydrogens (tertiary/aromatic N) is 4. The van der Waals surface area contributed by atoms with Gasteiger partial charge < -0.3 is 9.80 Å². The zero-order chi connectivity index (χ0) is 20.7. The second-order valence-corrected chi connectivity index (χ2v) is 9.66. The van der Waals surface area contributed by atoms with Gasteiger partial charge in [-0.15, -0.1) is 0 Å². The smallest absolute Gasteiger partial charge is 0.252 e. The maximum atomic E-state index is 12.4. The number of aromatic amines is 1. The molecule has 2 fully saturated rings. The van der Waals surface area contributed by atoms with Crippen molar-refractivity contribution in [1.29, 1.82) is 0 Å². The zero-order valence-electron chi connectivity index (χ0n) is 17.9. The molecule has 6 nitrogen and oxygen atoms in total. The molecule has 158 valence electrons. The van der Waals surface area contributed by atoms with Crippen LogP contribution in [0.15, 0.2) is 47.5 Å². The number of fused-ring (bicyclic) bond motifs is 1. The van der Waals surface area contributed by atoms with Crippen LogP contribution in [-0.2, 0) is 0 Å². The molecule has 2 saturated heterocycles. The second kappa shape index (κ2) is 7.65. The summed E-state index contributed by atoms with van der Waals surface area (Å²) >= 11 is 0. The number of aromatic nitrogens is 3. The van der Waals surface area contributed by atoms with E-state index in [9.17, 15) is 4.79 Å². The average Bonchev–Trinajstić information content (AvgIpc) is 3.30. The van der Waals surface area contributed by atoms with Crippen molar-refractivity contribution in [3.8, 4) is 11.3 Å². The van der Waals surface area contributed by atoms with Gasteiger partial charge in [0.05, 0.1) is 5.69 Å². The SMILES string of the molecule is CC1CC=CCC1(C)CN1C[C@H]2CCN(c3nc(-c4ccncc4)cc(=O)[nH]3)[C@H]2C1. The Kier molecular flexibility index (Phi) is 4.97. The Morgan fingerprint density at radius 2 is 2.07 bits per heavy atom. The van der Waals surface area contributed by atoms with Crippen molar-refractivity contribution in [3.05, 3.63) is 53.1 Å². The molecule has 0 radical (unpaired) electrons. The van der Waals surface area contributed by atoms with Crippen molar-refractivity contribution in [1.82, 2.24) is 19.9 Å². The highest BCUT2D eigenvalue weighted by atomic mass is 16.1. The maximum Gasteiger partial charge on any atom is 0.252 e. The number of anilines is 1. The normalized spacial score (nSPS) is 31.3. The molecule has 1 N–H and O–H groups in total. The molecule has 4 heterocycles. The number of nitrogens with one attached hydrogen (secondary N) is 1. The van der Waals surface area contributed by atoms with Gasteiger partial charge in [-0.3, -0.25) is 14.8 Å². The average molecular weight is 406 g/mol. The highest BCUT2D eigenvalue weighted by molar-refractivity contribution is 5.59. The number of likely N-dealkylation sites (tertiary alicyclic amines) is 1. The van der Waals surface area contributed by atoms with Crippen molar-refractivity contribution in [3.63, 3.8) is 0 Å². The van der Waals surface area contributed by atoms with E-state index in [0.29, 0.717) is 34.9 Å². The number of H-pyrrole nitrogens is 1. The molecular formula is C24H31N5O. The summed E-state index contributed by atoms with van der Waals surface area (Å²) < 4.78 is 0. The Morgan fingerprint density at radius 3 is 2.87 bits per heavy atom. The van der Waals surface area contributed by atoms with E-state index in [0.717, 1.165) is 38.2 Å². The first-order valence-corrected chi connectivity index (χ1v) is 11.2. The van der Waals surface area contributed by atoms with Crippen molar-refractivity contribution < 1.29 is 0 Å². The molecule has 0 saturated carbocycles. The van der Waals surface area contributed by atoms with Crippen molar-refractivity contribution >= 4 is 5.95 Å². The van der Waals surface area contributed by atoms with Gasteiger partial charge in [0.25, 0.3) is 5.56 Å². The summed E-state index contributed by atoms with van der Waals surface area (Å²) in [5.41, 5.74) is 1.89. The third-order valence-corrected chi connectivity index (χ3v) is 7.62. The van der Waals surface area contributed by atoms with E-state index in [1.54, 1.807) is 18.5 Å². The summed E-state index contributed by atoms with van der Waals surface area (Å²) in [4.78, 5) is 29.3. The van der Waals surface area contributed by atoms with Gasteiger partial charge in [0.2, 0.25) is 5.95 Å². The van der Waals surface area contributed by atoms with Crippen LogP contribution in [0.4, 0.5) is 5.95 Å². The number of hydrogen-bond donors (Lipinski definition) is 1. The molecule has 5 rings (SSSR count). The molecule has 2 aromatic rings. The lowest BCUT2D eigenvalue weighted by Gasteiger charge is -2.40. The minimum absolute atomic E-state index is 0.0968. The standard InChI is InChI=1S/C24H31N5O/c1-17-5-3-4-9-24(17,2)16-28-14-19-8-12-29(21(19)15-28)23-26-20(13-22(30)27-23)18-6-10-25-11-7-18/h3-4,6-7,10-11,13,17,19,21H,5,8-9,12,14-16H2,1-2H3,(H,26,27,30)/t17?,19-,21+,24?/m1/s1. The van der Waals surface area contributed by atoms with Gasteiger partial charge in [0.15, 0.2) is 0 Å². The van der Waals surface area contributed by atoms with E-state index in [2.05, 4.69) is 45.8 Å². The summed E-state index contributed by atoms with van der Waals surface area (Å²) in [5, 5.41) is 0. The highest BCUT2D eigenvalue weighted by Crippen LogP contribution is 2.41. The molecule has 0 aromatic carbocycles. The van der Waals surface area contributed by atoms with Gasteiger partial charge in [-0.1, -0.05) is 26.0 Å². The van der Waals surface area contributed by atoms with Gasteiger partial charge in [0.1, 0.15) is 0 Å². The van der Waals surface area contributed by atoms with Crippen LogP contribution in [0.5, 0.6) is 0 Å². The van der Waals surface area contributed by atoms with Crippen LogP contribution in [0.2, 0.25) is 0 Å². The number of hydrogen-bond acceptors (Lipinski definition) is 5. The van der Waals surface area contributed by atoms with Crippen LogP contribution in [0.3, 0.4) is 0 Å². The molecule has 0 spiro atoms. The zero-order valence-corrected chi connectivity index (χ0v) is 17.9. The molecule has 2 aromatic heterocycles. The third-order valence-electron chi connectivity index (χ3n) is 7.62. The van der Waals surface area contributed by atoms with Gasteiger partial charge in [0, 0.05) is 56.2 Å². The van der Waals surface area contributed by atoms with Crippen molar-refractivity contribution in [2.24, 2.45) is 17.3 Å². The molecule has 3 aliphatic rings. The molecule has 0 bridgehead atoms. The summed E-state index contributed by atoms with van der Waals surface area (Å²) in [6.45, 7) is 9.17. The topological polar surface area (TPSA) is 65.1 Å². The monoisotopic (exact) mass is 405 g/mol.